The number of piperidine rings is 1. The number of likely N-dealkylation sites (tertiary alicyclic amines) is 1. The van der Waals surface area contributed by atoms with Crippen LogP contribution in [0.15, 0.2) is 28.7 Å². The Morgan fingerprint density at radius 1 is 1.25 bits per heavy atom. The number of hydrogen-bond acceptors (Lipinski definition) is 3. The van der Waals surface area contributed by atoms with E-state index in [1.54, 1.807) is 0 Å². The van der Waals surface area contributed by atoms with Crippen LogP contribution in [-0.2, 0) is 0 Å². The average molecular weight is 342 g/mol. The molecule has 0 bridgehead atoms. The monoisotopic (exact) mass is 341 g/mol. The Morgan fingerprint density at radius 2 is 1.95 bits per heavy atom. The van der Waals surface area contributed by atoms with Crippen molar-refractivity contribution in [3.63, 3.8) is 0 Å². The molecule has 0 aromatic heterocycles. The van der Waals surface area contributed by atoms with E-state index < -0.39 is 6.10 Å². The number of aliphatic hydroxyl groups is 2. The highest BCUT2D eigenvalue weighted by Gasteiger charge is 2.29. The number of halogens is 1. The second kappa shape index (κ2) is 7.55. The average Bonchev–Trinajstić information content (AvgIpc) is 2.47. The maximum atomic E-state index is 10.4. The summed E-state index contributed by atoms with van der Waals surface area (Å²) < 4.78 is 1.02. The number of benzene rings is 1. The van der Waals surface area contributed by atoms with Gasteiger partial charge in [-0.2, -0.15) is 0 Å². The molecule has 0 saturated carbocycles. The van der Waals surface area contributed by atoms with Gasteiger partial charge in [-0.05, 0) is 43.5 Å². The molecular weight excluding hydrogens is 318 g/mol. The van der Waals surface area contributed by atoms with Crippen LogP contribution in [0.25, 0.3) is 0 Å². The number of hydrogen-bond donors (Lipinski definition) is 2. The van der Waals surface area contributed by atoms with Crippen LogP contribution >= 0.6 is 15.9 Å². The van der Waals surface area contributed by atoms with Crippen molar-refractivity contribution in [1.82, 2.24) is 4.90 Å². The summed E-state index contributed by atoms with van der Waals surface area (Å²) in [7, 11) is 0. The molecule has 1 aromatic rings. The maximum absolute atomic E-state index is 10.4. The Hall–Kier alpha value is -0.420. The van der Waals surface area contributed by atoms with Gasteiger partial charge in [-0.25, -0.2) is 0 Å². The first-order valence-corrected chi connectivity index (χ1v) is 8.26. The fourth-order valence-electron chi connectivity index (χ4n) is 2.96. The molecule has 3 atom stereocenters. The zero-order valence-corrected chi connectivity index (χ0v) is 13.6. The molecule has 0 aliphatic carbocycles. The lowest BCUT2D eigenvalue weighted by molar-refractivity contribution is -0.00120. The topological polar surface area (TPSA) is 43.7 Å². The summed E-state index contributed by atoms with van der Waals surface area (Å²) in [4.78, 5) is 2.25. The first kappa shape index (κ1) is 16.0. The zero-order valence-electron chi connectivity index (χ0n) is 12.0. The Balaban J connectivity index is 2.00. The minimum absolute atomic E-state index is 0.193. The van der Waals surface area contributed by atoms with E-state index in [2.05, 4.69) is 20.8 Å². The van der Waals surface area contributed by atoms with E-state index in [-0.39, 0.29) is 12.1 Å². The first-order chi connectivity index (χ1) is 9.61. The van der Waals surface area contributed by atoms with Gasteiger partial charge in [0.05, 0.1) is 12.2 Å². The molecule has 1 aliphatic rings. The van der Waals surface area contributed by atoms with Gasteiger partial charge < -0.3 is 10.2 Å². The molecule has 1 saturated heterocycles. The molecule has 0 amide bonds. The van der Waals surface area contributed by atoms with Gasteiger partial charge in [0.1, 0.15) is 0 Å². The van der Waals surface area contributed by atoms with Gasteiger partial charge >= 0.3 is 0 Å². The van der Waals surface area contributed by atoms with Crippen molar-refractivity contribution >= 4 is 15.9 Å². The van der Waals surface area contributed by atoms with Crippen molar-refractivity contribution < 1.29 is 10.2 Å². The van der Waals surface area contributed by atoms with Gasteiger partial charge in [-0.1, -0.05) is 41.4 Å². The molecule has 3 nitrogen and oxygen atoms in total. The third-order valence-corrected chi connectivity index (χ3v) is 4.72. The number of β-amino-alcohol motifs (C(OH)–C–C–N with tert-alkyl or cyclic N) is 1. The molecular formula is C16H24BrNO2. The summed E-state index contributed by atoms with van der Waals surface area (Å²) in [5.74, 6) is 0. The van der Waals surface area contributed by atoms with Gasteiger partial charge in [0, 0.05) is 17.1 Å². The summed E-state index contributed by atoms with van der Waals surface area (Å²) >= 11 is 3.41. The lowest BCUT2D eigenvalue weighted by Crippen LogP contribution is -2.48. The zero-order chi connectivity index (χ0) is 14.5. The molecule has 1 aliphatic heterocycles. The molecule has 1 heterocycles. The molecule has 2 N–H and O–H groups in total. The molecule has 3 unspecified atom stereocenters. The SMILES string of the molecule is CCC(O)C1CCCCN1CC(O)c1ccc(Br)cc1. The van der Waals surface area contributed by atoms with Crippen LogP contribution in [0.4, 0.5) is 0 Å². The molecule has 0 spiro atoms. The second-order valence-electron chi connectivity index (χ2n) is 5.60. The molecule has 112 valence electrons. The minimum Gasteiger partial charge on any atom is -0.392 e. The third kappa shape index (κ3) is 4.04. The summed E-state index contributed by atoms with van der Waals surface area (Å²) in [6.45, 7) is 3.58. The van der Waals surface area contributed by atoms with Crippen LogP contribution in [0.1, 0.15) is 44.3 Å². The highest BCUT2D eigenvalue weighted by Crippen LogP contribution is 2.25. The fraction of sp³-hybridized carbons (Fsp3) is 0.625. The van der Waals surface area contributed by atoms with Crippen molar-refractivity contribution in [3.8, 4) is 0 Å². The summed E-state index contributed by atoms with van der Waals surface area (Å²) in [6, 6.07) is 7.99. The smallest absolute Gasteiger partial charge is 0.0917 e. The summed E-state index contributed by atoms with van der Waals surface area (Å²) in [6.07, 6.45) is 3.35. The molecule has 1 fully saturated rings. The predicted molar refractivity (Wildman–Crippen MR) is 84.6 cm³/mol. The van der Waals surface area contributed by atoms with E-state index in [9.17, 15) is 10.2 Å². The largest absolute Gasteiger partial charge is 0.392 e. The van der Waals surface area contributed by atoms with Crippen molar-refractivity contribution in [2.75, 3.05) is 13.1 Å². The Labute approximate surface area is 129 Å². The normalized spacial score (nSPS) is 23.5. The van der Waals surface area contributed by atoms with Gasteiger partial charge in [0.15, 0.2) is 0 Å². The van der Waals surface area contributed by atoms with E-state index in [0.29, 0.717) is 6.54 Å². The molecule has 4 heteroatoms. The van der Waals surface area contributed by atoms with Crippen LogP contribution in [-0.4, -0.2) is 40.3 Å². The van der Waals surface area contributed by atoms with E-state index in [1.165, 1.54) is 6.42 Å². The third-order valence-electron chi connectivity index (χ3n) is 4.19. The molecule has 1 aromatic carbocycles. The van der Waals surface area contributed by atoms with Gasteiger partial charge in [0.2, 0.25) is 0 Å². The number of aliphatic hydroxyl groups excluding tert-OH is 2. The van der Waals surface area contributed by atoms with E-state index in [1.807, 2.05) is 31.2 Å². The van der Waals surface area contributed by atoms with Crippen LogP contribution in [0.3, 0.4) is 0 Å². The van der Waals surface area contributed by atoms with Crippen molar-refractivity contribution in [2.45, 2.75) is 50.9 Å². The maximum Gasteiger partial charge on any atom is 0.0917 e. The van der Waals surface area contributed by atoms with Crippen molar-refractivity contribution in [1.29, 1.82) is 0 Å². The highest BCUT2D eigenvalue weighted by atomic mass is 79.9. The lowest BCUT2D eigenvalue weighted by atomic mass is 9.95. The Morgan fingerprint density at radius 3 is 2.60 bits per heavy atom. The van der Waals surface area contributed by atoms with Gasteiger partial charge in [-0.3, -0.25) is 4.90 Å². The summed E-state index contributed by atoms with van der Waals surface area (Å²) in [5.41, 5.74) is 0.934. The second-order valence-corrected chi connectivity index (χ2v) is 6.52. The van der Waals surface area contributed by atoms with Crippen molar-refractivity contribution in [3.05, 3.63) is 34.3 Å². The Bertz CT molecular complexity index is 409. The van der Waals surface area contributed by atoms with Crippen LogP contribution < -0.4 is 0 Å². The standard InChI is InChI=1S/C16H24BrNO2/c1-2-15(19)14-5-3-4-10-18(14)11-16(20)12-6-8-13(17)9-7-12/h6-9,14-16,19-20H,2-5,10-11H2,1H3. The van der Waals surface area contributed by atoms with Gasteiger partial charge in [-0.15, -0.1) is 0 Å². The Kier molecular flexibility index (Phi) is 6.02. The fourth-order valence-corrected chi connectivity index (χ4v) is 3.23. The van der Waals surface area contributed by atoms with Crippen molar-refractivity contribution in [2.24, 2.45) is 0 Å². The van der Waals surface area contributed by atoms with Gasteiger partial charge in [0.25, 0.3) is 0 Å². The van der Waals surface area contributed by atoms with Crippen LogP contribution in [0.2, 0.25) is 0 Å². The van der Waals surface area contributed by atoms with Crippen LogP contribution in [0, 0.1) is 0 Å². The number of nitrogens with zero attached hydrogens (tertiary/aromatic N) is 1. The highest BCUT2D eigenvalue weighted by molar-refractivity contribution is 9.10. The number of rotatable bonds is 5. The minimum atomic E-state index is -0.493. The van der Waals surface area contributed by atoms with E-state index >= 15 is 0 Å². The molecule has 20 heavy (non-hydrogen) atoms. The van der Waals surface area contributed by atoms with Crippen LogP contribution in [0.5, 0.6) is 0 Å². The quantitative estimate of drug-likeness (QED) is 0.864. The first-order valence-electron chi connectivity index (χ1n) is 7.47. The summed E-state index contributed by atoms with van der Waals surface area (Å²) in [5, 5.41) is 20.5. The van der Waals surface area contributed by atoms with E-state index in [4.69, 9.17) is 0 Å². The predicted octanol–water partition coefficient (Wildman–Crippen LogP) is 3.11. The van der Waals surface area contributed by atoms with E-state index in [0.717, 1.165) is 35.8 Å². The lowest BCUT2D eigenvalue weighted by Gasteiger charge is -2.39. The molecule has 2 rings (SSSR count). The molecule has 0 radical (unpaired) electrons.